The van der Waals surface area contributed by atoms with Gasteiger partial charge in [-0.15, -0.1) is 0 Å². The molecule has 0 aliphatic rings. The van der Waals surface area contributed by atoms with Crippen LogP contribution < -0.4 is 11.1 Å². The van der Waals surface area contributed by atoms with Gasteiger partial charge in [-0.25, -0.2) is 0 Å². The molecule has 0 aliphatic carbocycles. The van der Waals surface area contributed by atoms with Crippen molar-refractivity contribution in [3.05, 3.63) is 0 Å². The molecule has 0 saturated carbocycles. The van der Waals surface area contributed by atoms with Crippen molar-refractivity contribution in [3.8, 4) is 0 Å². The second-order valence-corrected chi connectivity index (χ2v) is 4.69. The molecule has 0 rings (SSSR count). The second-order valence-electron chi connectivity index (χ2n) is 4.69. The first-order chi connectivity index (χ1) is 6.52. The lowest BCUT2D eigenvalue weighted by atomic mass is 9.90. The Hall–Kier alpha value is -0.120. The van der Waals surface area contributed by atoms with Gasteiger partial charge in [0.05, 0.1) is 0 Å². The summed E-state index contributed by atoms with van der Waals surface area (Å²) in [6.07, 6.45) is 2.11. The molecule has 0 aromatic carbocycles. The van der Waals surface area contributed by atoms with E-state index in [2.05, 4.69) is 26.1 Å². The molecule has 1 unspecified atom stereocenters. The maximum absolute atomic E-state index is 5.89. The maximum atomic E-state index is 5.89. The summed E-state index contributed by atoms with van der Waals surface area (Å²) in [5.74, 6) is 0. The zero-order chi connectivity index (χ0) is 11.0. The van der Waals surface area contributed by atoms with Crippen LogP contribution in [0.4, 0.5) is 0 Å². The smallest absolute Gasteiger partial charge is 0.0477 e. The van der Waals surface area contributed by atoms with Crippen molar-refractivity contribution < 1.29 is 4.74 Å². The Morgan fingerprint density at radius 2 is 2.07 bits per heavy atom. The number of ether oxygens (including phenoxy) is 1. The number of methoxy groups -OCH3 is 1. The van der Waals surface area contributed by atoms with Crippen LogP contribution in [0.3, 0.4) is 0 Å². The highest BCUT2D eigenvalue weighted by Gasteiger charge is 2.14. The fourth-order valence-corrected chi connectivity index (χ4v) is 1.09. The van der Waals surface area contributed by atoms with Crippen LogP contribution in [0.15, 0.2) is 0 Å². The van der Waals surface area contributed by atoms with Crippen LogP contribution in [0.25, 0.3) is 0 Å². The molecule has 0 amide bonds. The van der Waals surface area contributed by atoms with Gasteiger partial charge in [0.15, 0.2) is 0 Å². The van der Waals surface area contributed by atoms with Gasteiger partial charge < -0.3 is 15.8 Å². The molecule has 0 fully saturated rings. The predicted octanol–water partition coefficient (Wildman–Crippen LogP) is 1.38. The van der Waals surface area contributed by atoms with Crippen molar-refractivity contribution in [2.45, 2.75) is 39.7 Å². The van der Waals surface area contributed by atoms with E-state index < -0.39 is 0 Å². The van der Waals surface area contributed by atoms with E-state index in [0.29, 0.717) is 5.41 Å². The van der Waals surface area contributed by atoms with Gasteiger partial charge in [0.2, 0.25) is 0 Å². The molecule has 0 spiro atoms. The van der Waals surface area contributed by atoms with E-state index in [1.807, 2.05) is 0 Å². The third-order valence-electron chi connectivity index (χ3n) is 2.66. The standard InChI is InChI=1S/C11H26N2O/c1-5-11(2,3)9-13-8-10(12)6-7-14-4/h10,13H,5-9,12H2,1-4H3. The highest BCUT2D eigenvalue weighted by molar-refractivity contribution is 4.72. The van der Waals surface area contributed by atoms with Gasteiger partial charge >= 0.3 is 0 Å². The fraction of sp³-hybridized carbons (Fsp3) is 1.00. The van der Waals surface area contributed by atoms with Gasteiger partial charge in [0.25, 0.3) is 0 Å². The summed E-state index contributed by atoms with van der Waals surface area (Å²) in [4.78, 5) is 0. The molecule has 0 bridgehead atoms. The average Bonchev–Trinajstić information content (AvgIpc) is 2.14. The molecule has 1 atom stereocenters. The van der Waals surface area contributed by atoms with Crippen molar-refractivity contribution in [1.82, 2.24) is 5.32 Å². The zero-order valence-electron chi connectivity index (χ0n) is 10.1. The van der Waals surface area contributed by atoms with E-state index in [0.717, 1.165) is 26.1 Å². The summed E-state index contributed by atoms with van der Waals surface area (Å²) in [5.41, 5.74) is 6.26. The van der Waals surface area contributed by atoms with Gasteiger partial charge in [-0.05, 0) is 18.3 Å². The Morgan fingerprint density at radius 1 is 1.43 bits per heavy atom. The van der Waals surface area contributed by atoms with Gasteiger partial charge in [-0.2, -0.15) is 0 Å². The molecule has 3 heteroatoms. The van der Waals surface area contributed by atoms with Crippen molar-refractivity contribution in [1.29, 1.82) is 0 Å². The maximum Gasteiger partial charge on any atom is 0.0477 e. The number of hydrogen-bond acceptors (Lipinski definition) is 3. The third-order valence-corrected chi connectivity index (χ3v) is 2.66. The largest absolute Gasteiger partial charge is 0.385 e. The summed E-state index contributed by atoms with van der Waals surface area (Å²) in [6, 6.07) is 0.211. The van der Waals surface area contributed by atoms with E-state index in [4.69, 9.17) is 10.5 Å². The minimum atomic E-state index is 0.211. The number of nitrogens with two attached hydrogens (primary N) is 1. The molecule has 0 aromatic heterocycles. The zero-order valence-corrected chi connectivity index (χ0v) is 10.1. The van der Waals surface area contributed by atoms with E-state index >= 15 is 0 Å². The quantitative estimate of drug-likeness (QED) is 0.625. The molecule has 3 nitrogen and oxygen atoms in total. The van der Waals surface area contributed by atoms with Crippen LogP contribution in [-0.2, 0) is 4.74 Å². The normalized spacial score (nSPS) is 14.4. The second kappa shape index (κ2) is 7.21. The minimum absolute atomic E-state index is 0.211. The summed E-state index contributed by atoms with van der Waals surface area (Å²) >= 11 is 0. The molecule has 0 aromatic rings. The molecule has 0 heterocycles. The monoisotopic (exact) mass is 202 g/mol. The SMILES string of the molecule is CCC(C)(C)CNCC(N)CCOC. The van der Waals surface area contributed by atoms with Gasteiger partial charge in [-0.1, -0.05) is 20.8 Å². The van der Waals surface area contributed by atoms with Crippen LogP contribution in [0.1, 0.15) is 33.6 Å². The van der Waals surface area contributed by atoms with E-state index in [9.17, 15) is 0 Å². The van der Waals surface area contributed by atoms with Crippen LogP contribution in [0.2, 0.25) is 0 Å². The van der Waals surface area contributed by atoms with Gasteiger partial charge in [0.1, 0.15) is 0 Å². The molecule has 86 valence electrons. The Bertz CT molecular complexity index is 137. The third kappa shape index (κ3) is 7.30. The van der Waals surface area contributed by atoms with Crippen LogP contribution in [0.5, 0.6) is 0 Å². The highest BCUT2D eigenvalue weighted by Crippen LogP contribution is 2.17. The lowest BCUT2D eigenvalue weighted by Crippen LogP contribution is -2.38. The molecule has 0 radical (unpaired) electrons. The topological polar surface area (TPSA) is 47.3 Å². The van der Waals surface area contributed by atoms with Gasteiger partial charge in [-0.3, -0.25) is 0 Å². The summed E-state index contributed by atoms with van der Waals surface area (Å²) in [7, 11) is 1.71. The fourth-order valence-electron chi connectivity index (χ4n) is 1.09. The molecule has 3 N–H and O–H groups in total. The Morgan fingerprint density at radius 3 is 2.57 bits per heavy atom. The lowest BCUT2D eigenvalue weighted by molar-refractivity contribution is 0.186. The Labute approximate surface area is 88.4 Å². The van der Waals surface area contributed by atoms with Crippen LogP contribution in [0, 0.1) is 5.41 Å². The van der Waals surface area contributed by atoms with Gasteiger partial charge in [0, 0.05) is 32.8 Å². The molecule has 0 saturated heterocycles. The minimum Gasteiger partial charge on any atom is -0.385 e. The summed E-state index contributed by atoms with van der Waals surface area (Å²) < 4.78 is 4.97. The van der Waals surface area contributed by atoms with E-state index in [1.165, 1.54) is 6.42 Å². The summed E-state index contributed by atoms with van der Waals surface area (Å²) in [6.45, 7) is 9.41. The average molecular weight is 202 g/mol. The molecular weight excluding hydrogens is 176 g/mol. The molecule has 0 aliphatic heterocycles. The summed E-state index contributed by atoms with van der Waals surface area (Å²) in [5, 5.41) is 3.40. The van der Waals surface area contributed by atoms with Crippen molar-refractivity contribution in [3.63, 3.8) is 0 Å². The van der Waals surface area contributed by atoms with E-state index in [1.54, 1.807) is 7.11 Å². The van der Waals surface area contributed by atoms with E-state index in [-0.39, 0.29) is 6.04 Å². The number of nitrogens with one attached hydrogen (secondary N) is 1. The lowest BCUT2D eigenvalue weighted by Gasteiger charge is -2.24. The first-order valence-electron chi connectivity index (χ1n) is 5.47. The first kappa shape index (κ1) is 13.9. The van der Waals surface area contributed by atoms with Crippen molar-refractivity contribution in [2.24, 2.45) is 11.1 Å². The predicted molar refractivity (Wildman–Crippen MR) is 61.4 cm³/mol. The number of hydrogen-bond donors (Lipinski definition) is 2. The highest BCUT2D eigenvalue weighted by atomic mass is 16.5. The number of rotatable bonds is 8. The molecular formula is C11H26N2O. The van der Waals surface area contributed by atoms with Crippen molar-refractivity contribution in [2.75, 3.05) is 26.8 Å². The van der Waals surface area contributed by atoms with Crippen LogP contribution >= 0.6 is 0 Å². The first-order valence-corrected chi connectivity index (χ1v) is 5.47. The molecule has 14 heavy (non-hydrogen) atoms. The Balaban J connectivity index is 3.43. The van der Waals surface area contributed by atoms with Crippen molar-refractivity contribution >= 4 is 0 Å². The Kier molecular flexibility index (Phi) is 7.15. The van der Waals surface area contributed by atoms with Crippen LogP contribution in [-0.4, -0.2) is 32.8 Å².